The molecule has 0 unspecified atom stereocenters. The molecule has 126 valence electrons. The first-order valence-corrected chi connectivity index (χ1v) is 8.09. The standard InChI is InChI=1S/C18H27N3O2/c1-5-6-7-12-21(17(22)23-18(2,3)4)20-14-16-10-8-15(13-19)9-11-16/h8-11,20H,5-7,12,14H2,1-4H3. The summed E-state index contributed by atoms with van der Waals surface area (Å²) < 4.78 is 5.44. The summed E-state index contributed by atoms with van der Waals surface area (Å²) in [6.45, 7) is 8.82. The van der Waals surface area contributed by atoms with E-state index in [0.29, 0.717) is 18.7 Å². The molecule has 1 rings (SSSR count). The number of carbonyl (C=O) groups is 1. The molecule has 0 aliphatic rings. The number of rotatable bonds is 7. The van der Waals surface area contributed by atoms with Gasteiger partial charge < -0.3 is 4.74 Å². The normalized spacial score (nSPS) is 10.9. The van der Waals surface area contributed by atoms with Crippen LogP contribution in [-0.2, 0) is 11.3 Å². The van der Waals surface area contributed by atoms with E-state index in [2.05, 4.69) is 18.4 Å². The van der Waals surface area contributed by atoms with Crippen molar-refractivity contribution in [2.75, 3.05) is 6.54 Å². The van der Waals surface area contributed by atoms with Crippen molar-refractivity contribution in [2.45, 2.75) is 59.1 Å². The van der Waals surface area contributed by atoms with Crippen molar-refractivity contribution in [3.8, 4) is 6.07 Å². The number of carbonyl (C=O) groups excluding carboxylic acids is 1. The van der Waals surface area contributed by atoms with E-state index in [4.69, 9.17) is 10.00 Å². The third-order valence-corrected chi connectivity index (χ3v) is 3.16. The number of ether oxygens (including phenoxy) is 1. The lowest BCUT2D eigenvalue weighted by Crippen LogP contribution is -2.45. The maximum atomic E-state index is 12.3. The zero-order valence-electron chi connectivity index (χ0n) is 14.6. The molecule has 1 aromatic rings. The number of hydrazine groups is 1. The summed E-state index contributed by atoms with van der Waals surface area (Å²) in [5, 5.41) is 10.4. The molecule has 1 N–H and O–H groups in total. The monoisotopic (exact) mass is 317 g/mol. The van der Waals surface area contributed by atoms with Gasteiger partial charge in [-0.1, -0.05) is 31.9 Å². The Morgan fingerprint density at radius 3 is 2.43 bits per heavy atom. The number of benzene rings is 1. The Morgan fingerprint density at radius 2 is 1.91 bits per heavy atom. The van der Waals surface area contributed by atoms with Gasteiger partial charge in [-0.3, -0.25) is 0 Å². The molecule has 5 nitrogen and oxygen atoms in total. The van der Waals surface area contributed by atoms with Crippen molar-refractivity contribution < 1.29 is 9.53 Å². The molecule has 0 saturated carbocycles. The van der Waals surface area contributed by atoms with Crippen LogP contribution in [0.2, 0.25) is 0 Å². The molecule has 0 aliphatic heterocycles. The lowest BCUT2D eigenvalue weighted by atomic mass is 10.1. The number of nitrogens with one attached hydrogen (secondary N) is 1. The Balaban J connectivity index is 2.63. The minimum absolute atomic E-state index is 0.359. The van der Waals surface area contributed by atoms with Gasteiger partial charge in [-0.2, -0.15) is 5.26 Å². The Hall–Kier alpha value is -2.06. The second-order valence-electron chi connectivity index (χ2n) is 6.48. The second-order valence-corrected chi connectivity index (χ2v) is 6.48. The van der Waals surface area contributed by atoms with Crippen LogP contribution in [0.15, 0.2) is 24.3 Å². The Kier molecular flexibility index (Phi) is 7.56. The highest BCUT2D eigenvalue weighted by atomic mass is 16.6. The highest BCUT2D eigenvalue weighted by Gasteiger charge is 2.21. The summed E-state index contributed by atoms with van der Waals surface area (Å²) in [6, 6.07) is 9.39. The number of hydrogen-bond acceptors (Lipinski definition) is 4. The minimum atomic E-state index is -0.518. The lowest BCUT2D eigenvalue weighted by Gasteiger charge is -2.28. The third kappa shape index (κ3) is 7.66. The first-order chi connectivity index (χ1) is 10.9. The van der Waals surface area contributed by atoms with E-state index in [1.54, 1.807) is 17.1 Å². The van der Waals surface area contributed by atoms with Crippen LogP contribution in [0.1, 0.15) is 58.1 Å². The third-order valence-electron chi connectivity index (χ3n) is 3.16. The predicted molar refractivity (Wildman–Crippen MR) is 90.5 cm³/mol. The first-order valence-electron chi connectivity index (χ1n) is 8.09. The minimum Gasteiger partial charge on any atom is -0.443 e. The zero-order chi connectivity index (χ0) is 17.3. The predicted octanol–water partition coefficient (Wildman–Crippen LogP) is 3.99. The molecule has 0 aliphatic carbocycles. The van der Waals surface area contributed by atoms with Crippen LogP contribution in [0.25, 0.3) is 0 Å². The van der Waals surface area contributed by atoms with Crippen molar-refractivity contribution in [3.05, 3.63) is 35.4 Å². The number of nitrogens with zero attached hydrogens (tertiary/aromatic N) is 2. The lowest BCUT2D eigenvalue weighted by molar-refractivity contribution is 0.0126. The van der Waals surface area contributed by atoms with E-state index >= 15 is 0 Å². The maximum absolute atomic E-state index is 12.3. The van der Waals surface area contributed by atoms with E-state index in [1.165, 1.54) is 0 Å². The average molecular weight is 317 g/mol. The van der Waals surface area contributed by atoms with Crippen molar-refractivity contribution >= 4 is 6.09 Å². The summed E-state index contributed by atoms with van der Waals surface area (Å²) in [5.74, 6) is 0. The SMILES string of the molecule is CCCCCN(NCc1ccc(C#N)cc1)C(=O)OC(C)(C)C. The number of nitriles is 1. The van der Waals surface area contributed by atoms with Crippen molar-refractivity contribution in [1.29, 1.82) is 5.26 Å². The van der Waals surface area contributed by atoms with E-state index in [-0.39, 0.29) is 6.09 Å². The molecule has 23 heavy (non-hydrogen) atoms. The topological polar surface area (TPSA) is 65.4 Å². The van der Waals surface area contributed by atoms with Crippen LogP contribution >= 0.6 is 0 Å². The summed E-state index contributed by atoms with van der Waals surface area (Å²) in [7, 11) is 0. The van der Waals surface area contributed by atoms with Crippen molar-refractivity contribution in [1.82, 2.24) is 10.4 Å². The highest BCUT2D eigenvalue weighted by Crippen LogP contribution is 2.10. The van der Waals surface area contributed by atoms with Crippen LogP contribution in [0.5, 0.6) is 0 Å². The molecule has 1 aromatic carbocycles. The van der Waals surface area contributed by atoms with Crippen LogP contribution in [0.3, 0.4) is 0 Å². The fourth-order valence-electron chi connectivity index (χ4n) is 1.96. The smallest absolute Gasteiger partial charge is 0.424 e. The van der Waals surface area contributed by atoms with Gasteiger partial charge in [0.05, 0.1) is 11.6 Å². The average Bonchev–Trinajstić information content (AvgIpc) is 2.49. The van der Waals surface area contributed by atoms with Crippen molar-refractivity contribution in [3.63, 3.8) is 0 Å². The van der Waals surface area contributed by atoms with Crippen LogP contribution in [0, 0.1) is 11.3 Å². The van der Waals surface area contributed by atoms with Gasteiger partial charge >= 0.3 is 6.09 Å². The first kappa shape index (κ1) is 19.0. The molecule has 5 heteroatoms. The largest absolute Gasteiger partial charge is 0.443 e. The van der Waals surface area contributed by atoms with E-state index < -0.39 is 5.60 Å². The number of amides is 1. The Bertz CT molecular complexity index is 527. The molecular weight excluding hydrogens is 290 g/mol. The molecule has 1 amide bonds. The number of hydrogen-bond donors (Lipinski definition) is 1. The Labute approximate surface area is 139 Å². The zero-order valence-corrected chi connectivity index (χ0v) is 14.6. The summed E-state index contributed by atoms with van der Waals surface area (Å²) in [6.07, 6.45) is 2.73. The van der Waals surface area contributed by atoms with E-state index in [0.717, 1.165) is 24.8 Å². The fourth-order valence-corrected chi connectivity index (χ4v) is 1.96. The van der Waals surface area contributed by atoms with Crippen LogP contribution in [-0.4, -0.2) is 23.2 Å². The number of unbranched alkanes of at least 4 members (excludes halogenated alkanes) is 2. The van der Waals surface area contributed by atoms with Gasteiger partial charge in [0.2, 0.25) is 0 Å². The van der Waals surface area contributed by atoms with Gasteiger partial charge in [0.1, 0.15) is 5.60 Å². The van der Waals surface area contributed by atoms with E-state index in [1.807, 2.05) is 32.9 Å². The summed E-state index contributed by atoms with van der Waals surface area (Å²) in [5.41, 5.74) is 4.25. The van der Waals surface area contributed by atoms with Gasteiger partial charge in [-0.25, -0.2) is 15.2 Å². The van der Waals surface area contributed by atoms with E-state index in [9.17, 15) is 4.79 Å². The molecule has 0 fully saturated rings. The fraction of sp³-hybridized carbons (Fsp3) is 0.556. The molecule has 0 bridgehead atoms. The highest BCUT2D eigenvalue weighted by molar-refractivity contribution is 5.67. The van der Waals surface area contributed by atoms with Gasteiger partial charge in [-0.05, 0) is 44.9 Å². The van der Waals surface area contributed by atoms with Gasteiger partial charge in [0.25, 0.3) is 0 Å². The molecular formula is C18H27N3O2. The van der Waals surface area contributed by atoms with Gasteiger partial charge in [0.15, 0.2) is 0 Å². The maximum Gasteiger partial charge on any atom is 0.424 e. The summed E-state index contributed by atoms with van der Waals surface area (Å²) in [4.78, 5) is 12.3. The molecule has 0 atom stereocenters. The van der Waals surface area contributed by atoms with Crippen LogP contribution in [0.4, 0.5) is 4.79 Å². The second kappa shape index (κ2) is 9.16. The van der Waals surface area contributed by atoms with Gasteiger partial charge in [0, 0.05) is 13.1 Å². The quantitative estimate of drug-likeness (QED) is 0.610. The molecule has 0 radical (unpaired) electrons. The molecule has 0 saturated heterocycles. The molecule has 0 spiro atoms. The summed E-state index contributed by atoms with van der Waals surface area (Å²) >= 11 is 0. The van der Waals surface area contributed by atoms with Gasteiger partial charge in [-0.15, -0.1) is 0 Å². The van der Waals surface area contributed by atoms with Crippen molar-refractivity contribution in [2.24, 2.45) is 0 Å². The molecule has 0 aromatic heterocycles. The molecule has 0 heterocycles. The van der Waals surface area contributed by atoms with Crippen LogP contribution < -0.4 is 5.43 Å². The Morgan fingerprint density at radius 1 is 1.26 bits per heavy atom.